The molecule has 0 radical (unpaired) electrons. The molecule has 28 rings (SSSR count). The minimum absolute atomic E-state index is 0.194. The van der Waals surface area contributed by atoms with Crippen molar-refractivity contribution in [2.75, 3.05) is 9.80 Å². The molecule has 18 aromatic rings. The van der Waals surface area contributed by atoms with Gasteiger partial charge in [-0.05, 0) is 152 Å². The van der Waals surface area contributed by atoms with Crippen LogP contribution >= 0.6 is 0 Å². The Bertz CT molecular complexity index is 7080. The minimum Gasteiger partial charge on any atom is -0.456 e. The quantitative estimate of drug-likeness (QED) is 0.162. The summed E-state index contributed by atoms with van der Waals surface area (Å²) in [4.78, 5) is 5.00. The lowest BCUT2D eigenvalue weighted by Crippen LogP contribution is -2.80. The van der Waals surface area contributed by atoms with Gasteiger partial charge >= 0.3 is 17.1 Å². The van der Waals surface area contributed by atoms with E-state index in [0.29, 0.717) is 0 Å². The van der Waals surface area contributed by atoms with Crippen LogP contribution in [-0.2, 0) is 27.6 Å². The second-order valence-corrected chi connectivity index (χ2v) is 31.6. The van der Waals surface area contributed by atoms with Crippen LogP contribution in [0.5, 0.6) is 11.5 Å². The predicted molar refractivity (Wildman–Crippen MR) is 400 cm³/mol. The molecule has 11 heteroatoms. The molecule has 2 spiro atoms. The van der Waals surface area contributed by atoms with Crippen LogP contribution in [0.4, 0.5) is 34.1 Å². The first-order valence-corrected chi connectivity index (χ1v) is 36.0. The summed E-state index contributed by atoms with van der Waals surface area (Å²) in [5.74, 6) is 6.76. The SMILES string of the molecule is CC1(C)c2ccc[n+]3c2-n2c4c1cccc4c1ccc4c(c12)C31c2c(ccc3c5cccc6c5n(c23)-c2c(ccc[n+]21)C6(C)C)N4c1ccccc1.CC1(C)c2ccc[n+]3c2-n2c4c1cccc4c1ccc4c(c12)C31c2c(ccc3c5cccc6c5n(c23)-c2c(ccc[n+]21)N6c1ccccc1)O4. The number of pyridine rings is 4. The highest BCUT2D eigenvalue weighted by atomic mass is 16.5. The van der Waals surface area contributed by atoms with Crippen LogP contribution in [0, 0.1) is 0 Å². The Morgan fingerprint density at radius 1 is 0.245 bits per heavy atom. The fraction of sp³-hybridized carbons (Fsp3) is 0.121. The highest BCUT2D eigenvalue weighted by Gasteiger charge is 2.69. The largest absolute Gasteiger partial charge is 0.456 e. The van der Waals surface area contributed by atoms with Crippen LogP contribution in [0.2, 0.25) is 0 Å². The number of benzene rings is 10. The molecule has 0 bridgehead atoms. The molecule has 0 saturated carbocycles. The van der Waals surface area contributed by atoms with Gasteiger partial charge in [0.05, 0.1) is 58.5 Å². The van der Waals surface area contributed by atoms with Crippen LogP contribution in [0.25, 0.3) is 110 Å². The highest BCUT2D eigenvalue weighted by Crippen LogP contribution is 2.65. The zero-order valence-electron chi connectivity index (χ0n) is 56.6. The molecule has 0 N–H and O–H groups in total. The topological polar surface area (TPSA) is 51.0 Å². The van der Waals surface area contributed by atoms with Crippen molar-refractivity contribution in [2.24, 2.45) is 0 Å². The first kappa shape index (κ1) is 52.5. The van der Waals surface area contributed by atoms with E-state index in [0.717, 1.165) is 28.7 Å². The lowest BCUT2D eigenvalue weighted by molar-refractivity contribution is -0.968. The van der Waals surface area contributed by atoms with E-state index in [1.54, 1.807) is 0 Å². The normalized spacial score (nSPS) is 18.1. The number of hydrogen-bond acceptors (Lipinski definition) is 3. The van der Waals surface area contributed by atoms with Crippen LogP contribution < -0.4 is 32.8 Å². The van der Waals surface area contributed by atoms with Crippen molar-refractivity contribution in [2.45, 2.75) is 69.1 Å². The van der Waals surface area contributed by atoms with Gasteiger partial charge < -0.3 is 9.64 Å². The maximum atomic E-state index is 7.09. The molecular weight excluding hydrogens is 1250 g/mol. The average molecular weight is 1310 g/mol. The van der Waals surface area contributed by atoms with Crippen LogP contribution in [0.1, 0.15) is 97.2 Å². The number of aromatic nitrogens is 8. The van der Waals surface area contributed by atoms with Gasteiger partial charge in [-0.3, -0.25) is 4.90 Å². The molecule has 8 aromatic heterocycles. The number of ether oxygens (including phenoxy) is 1. The van der Waals surface area contributed by atoms with Gasteiger partial charge in [-0.2, -0.15) is 36.5 Å². The Hall–Kier alpha value is -12.6. The molecule has 18 heterocycles. The summed E-state index contributed by atoms with van der Waals surface area (Å²) < 4.78 is 28.0. The zero-order chi connectivity index (χ0) is 66.6. The van der Waals surface area contributed by atoms with Crippen LogP contribution in [0.15, 0.2) is 255 Å². The van der Waals surface area contributed by atoms with E-state index < -0.39 is 11.3 Å². The molecule has 0 aliphatic carbocycles. The number of anilines is 6. The van der Waals surface area contributed by atoms with E-state index in [-0.39, 0.29) is 16.2 Å². The molecular formula is C91H60N10O+4. The standard InChI is InChI=1S/C47H33N5.C44H27N5O/c1-45(2)31-16-8-14-27-29-20-22-35-37-41(29)51(39(27)31)43-33(45)18-10-24-48(43)47(37)38-36(50(35)26-12-6-5-7-13-26)23-21-30-28-15-9-17-32-40(28)52(42(30)38)44-34(46(32,3)4)19-11-25-49(44)47;1-43(2)29-14-6-12-25-27-18-20-33-35-39(27)48(37(25)29)41-30(43)15-8-22-45(41)44(35)36-34(50-33)21-19-28-26-13-7-16-31-38(26)49(40(28)36)42-32(17-9-23-46(42)44)47(31)24-10-4-3-5-11-24/h5-25H,1-4H3;3-23H,1-2H3/q2*+2. The van der Waals surface area contributed by atoms with Gasteiger partial charge in [-0.1, -0.05) is 120 Å². The summed E-state index contributed by atoms with van der Waals surface area (Å²) in [6, 6.07) is 86.6. The summed E-state index contributed by atoms with van der Waals surface area (Å²) >= 11 is 0. The van der Waals surface area contributed by atoms with Crippen LogP contribution in [-0.4, -0.2) is 18.3 Å². The summed E-state index contributed by atoms with van der Waals surface area (Å²) in [5.41, 5.74) is 28.6. The van der Waals surface area contributed by atoms with Crippen molar-refractivity contribution in [3.63, 3.8) is 0 Å². The highest BCUT2D eigenvalue weighted by molar-refractivity contribution is 6.21. The summed E-state index contributed by atoms with van der Waals surface area (Å²) in [5, 5.41) is 10.3. The molecule has 0 fully saturated rings. The van der Waals surface area contributed by atoms with E-state index in [1.165, 1.54) is 183 Å². The van der Waals surface area contributed by atoms with E-state index in [2.05, 4.69) is 343 Å². The molecule has 476 valence electrons. The maximum absolute atomic E-state index is 7.09. The molecule has 10 aliphatic rings. The lowest BCUT2D eigenvalue weighted by Gasteiger charge is -2.47. The van der Waals surface area contributed by atoms with Gasteiger partial charge in [-0.15, -0.1) is 0 Å². The summed E-state index contributed by atoms with van der Waals surface area (Å²) in [6.45, 7) is 14.5. The molecule has 11 nitrogen and oxygen atoms in total. The summed E-state index contributed by atoms with van der Waals surface area (Å²) in [7, 11) is 0. The van der Waals surface area contributed by atoms with Crippen LogP contribution in [0.3, 0.4) is 0 Å². The number of para-hydroxylation sites is 6. The Kier molecular flexibility index (Phi) is 8.31. The monoisotopic (exact) mass is 1310 g/mol. The van der Waals surface area contributed by atoms with Crippen molar-refractivity contribution < 1.29 is 23.0 Å². The Balaban J connectivity index is 0.000000115. The van der Waals surface area contributed by atoms with Crippen molar-refractivity contribution in [3.05, 3.63) is 311 Å². The fourth-order valence-corrected chi connectivity index (χ4v) is 22.5. The van der Waals surface area contributed by atoms with E-state index in [1.807, 2.05) is 0 Å². The molecule has 1 atom stereocenters. The third-order valence-corrected chi connectivity index (χ3v) is 26.4. The second kappa shape index (κ2) is 16.2. The molecule has 1 unspecified atom stereocenters. The van der Waals surface area contributed by atoms with Gasteiger partial charge in [0.2, 0.25) is 0 Å². The zero-order valence-corrected chi connectivity index (χ0v) is 56.6. The maximum Gasteiger partial charge on any atom is 0.321 e. The van der Waals surface area contributed by atoms with E-state index in [4.69, 9.17) is 4.74 Å². The van der Waals surface area contributed by atoms with Crippen molar-refractivity contribution >= 4 is 121 Å². The minimum atomic E-state index is -0.763. The number of nitrogens with zero attached hydrogens (tertiary/aromatic N) is 10. The first-order chi connectivity index (χ1) is 50.0. The molecule has 0 amide bonds. The lowest BCUT2D eigenvalue weighted by atomic mass is 9.73. The molecule has 0 saturated heterocycles. The number of fused-ring (bicyclic) bond motifs is 4. The smallest absolute Gasteiger partial charge is 0.321 e. The van der Waals surface area contributed by atoms with Crippen molar-refractivity contribution in [1.82, 2.24) is 18.3 Å². The second-order valence-electron chi connectivity index (χ2n) is 31.6. The fourth-order valence-electron chi connectivity index (χ4n) is 22.5. The predicted octanol–water partition coefficient (Wildman–Crippen LogP) is 18.4. The van der Waals surface area contributed by atoms with Gasteiger partial charge in [0, 0.05) is 87.4 Å². The van der Waals surface area contributed by atoms with Gasteiger partial charge in [0.25, 0.3) is 17.5 Å². The number of rotatable bonds is 2. The first-order valence-electron chi connectivity index (χ1n) is 36.0. The molecule has 10 aliphatic heterocycles. The van der Waals surface area contributed by atoms with Gasteiger partial charge in [0.1, 0.15) is 56.0 Å². The van der Waals surface area contributed by atoms with Crippen molar-refractivity contribution in [3.8, 4) is 34.8 Å². The van der Waals surface area contributed by atoms with Gasteiger partial charge in [-0.25, -0.2) is 0 Å². The number of hydrogen-bond donors (Lipinski definition) is 0. The Morgan fingerprint density at radius 3 is 1.01 bits per heavy atom. The average Bonchev–Trinajstić information content (AvgIpc) is 1.28. The summed E-state index contributed by atoms with van der Waals surface area (Å²) in [6.07, 6.45) is 9.39. The van der Waals surface area contributed by atoms with E-state index in [9.17, 15) is 0 Å². The Morgan fingerprint density at radius 2 is 0.569 bits per heavy atom. The van der Waals surface area contributed by atoms with Crippen molar-refractivity contribution in [1.29, 1.82) is 0 Å². The molecule has 10 aromatic carbocycles. The third kappa shape index (κ3) is 5.05. The Labute approximate surface area is 583 Å². The third-order valence-electron chi connectivity index (χ3n) is 26.4. The molecule has 102 heavy (non-hydrogen) atoms. The van der Waals surface area contributed by atoms with Gasteiger partial charge in [0.15, 0.2) is 27.6 Å². The van der Waals surface area contributed by atoms with E-state index >= 15 is 0 Å².